The average Bonchev–Trinajstić information content (AvgIpc) is 2.81. The smallest absolute Gasteiger partial charge is 0.290 e. The summed E-state index contributed by atoms with van der Waals surface area (Å²) in [6.07, 6.45) is 3.31. The van der Waals surface area contributed by atoms with Crippen LogP contribution in [-0.4, -0.2) is 22.8 Å². The maximum absolute atomic E-state index is 13.0. The highest BCUT2D eigenvalue weighted by atomic mass is 79.9. The molecule has 1 aliphatic rings. The number of carbonyl (C=O) groups is 1. The van der Waals surface area contributed by atoms with Gasteiger partial charge in [0.25, 0.3) is 5.91 Å². The van der Waals surface area contributed by atoms with Crippen molar-refractivity contribution in [2.24, 2.45) is 0 Å². The molecule has 0 aliphatic carbocycles. The molecule has 0 fully saturated rings. The van der Waals surface area contributed by atoms with Crippen molar-refractivity contribution < 1.29 is 9.21 Å². The number of nitrogens with zero attached hydrogens (tertiary/aromatic N) is 2. The Balaban J connectivity index is 2.06. The largest absolute Gasteiger partial charge is 0.450 e. The molecule has 3 heterocycles. The fourth-order valence-corrected chi connectivity index (χ4v) is 3.35. The van der Waals surface area contributed by atoms with E-state index in [9.17, 15) is 9.59 Å². The Morgan fingerprint density at radius 3 is 2.83 bits per heavy atom. The summed E-state index contributed by atoms with van der Waals surface area (Å²) in [5.41, 5.74) is 1.37. The van der Waals surface area contributed by atoms with Crippen LogP contribution in [0.25, 0.3) is 11.0 Å². The minimum Gasteiger partial charge on any atom is -0.450 e. The second kappa shape index (κ2) is 5.03. The summed E-state index contributed by atoms with van der Waals surface area (Å²) in [7, 11) is 1.66. The summed E-state index contributed by atoms with van der Waals surface area (Å²) in [6, 6.07) is 8.33. The highest BCUT2D eigenvalue weighted by Crippen LogP contribution is 2.36. The maximum atomic E-state index is 13.0. The van der Waals surface area contributed by atoms with Crippen molar-refractivity contribution in [2.75, 3.05) is 7.05 Å². The Labute approximate surface area is 139 Å². The van der Waals surface area contributed by atoms with Gasteiger partial charge in [-0.05, 0) is 29.8 Å². The molecule has 1 atom stereocenters. The Hall–Kier alpha value is -2.47. The van der Waals surface area contributed by atoms with Crippen LogP contribution in [0.2, 0.25) is 0 Å². The number of aromatic nitrogens is 1. The van der Waals surface area contributed by atoms with Gasteiger partial charge >= 0.3 is 0 Å². The van der Waals surface area contributed by atoms with E-state index in [1.54, 1.807) is 43.7 Å². The van der Waals surface area contributed by atoms with Crippen molar-refractivity contribution in [3.05, 3.63) is 74.3 Å². The Kier molecular flexibility index (Phi) is 3.09. The van der Waals surface area contributed by atoms with Crippen LogP contribution in [0.1, 0.15) is 27.7 Å². The van der Waals surface area contributed by atoms with Crippen molar-refractivity contribution in [3.63, 3.8) is 0 Å². The van der Waals surface area contributed by atoms with Crippen LogP contribution in [0.3, 0.4) is 0 Å². The zero-order valence-electron chi connectivity index (χ0n) is 12.1. The molecular weight excluding hydrogens is 360 g/mol. The predicted molar refractivity (Wildman–Crippen MR) is 88.4 cm³/mol. The van der Waals surface area contributed by atoms with E-state index in [2.05, 4.69) is 20.9 Å². The number of carbonyl (C=O) groups excluding carboxylic acids is 1. The fourth-order valence-electron chi connectivity index (χ4n) is 2.99. The highest BCUT2D eigenvalue weighted by molar-refractivity contribution is 9.10. The number of hydrogen-bond acceptors (Lipinski definition) is 4. The van der Waals surface area contributed by atoms with E-state index in [0.29, 0.717) is 16.5 Å². The van der Waals surface area contributed by atoms with E-state index in [4.69, 9.17) is 4.42 Å². The van der Waals surface area contributed by atoms with Crippen LogP contribution in [0.15, 0.2) is 56.4 Å². The monoisotopic (exact) mass is 370 g/mol. The van der Waals surface area contributed by atoms with Crippen LogP contribution in [0.5, 0.6) is 0 Å². The molecule has 0 spiro atoms. The van der Waals surface area contributed by atoms with Crippen molar-refractivity contribution in [1.29, 1.82) is 0 Å². The van der Waals surface area contributed by atoms with Gasteiger partial charge < -0.3 is 9.32 Å². The van der Waals surface area contributed by atoms with Crippen molar-refractivity contribution in [2.45, 2.75) is 6.04 Å². The molecule has 1 unspecified atom stereocenters. The average molecular weight is 371 g/mol. The van der Waals surface area contributed by atoms with E-state index < -0.39 is 6.04 Å². The summed E-state index contributed by atoms with van der Waals surface area (Å²) in [5, 5.41) is 0.454. The first-order valence-electron chi connectivity index (χ1n) is 7.01. The van der Waals surface area contributed by atoms with Crippen LogP contribution in [-0.2, 0) is 0 Å². The maximum Gasteiger partial charge on any atom is 0.290 e. The Morgan fingerprint density at radius 2 is 2.09 bits per heavy atom. The van der Waals surface area contributed by atoms with Gasteiger partial charge in [-0.3, -0.25) is 14.6 Å². The lowest BCUT2D eigenvalue weighted by atomic mass is 10.0. The molecule has 4 rings (SSSR count). The van der Waals surface area contributed by atoms with Crippen LogP contribution in [0, 0.1) is 0 Å². The van der Waals surface area contributed by atoms with Gasteiger partial charge in [0.1, 0.15) is 5.58 Å². The van der Waals surface area contributed by atoms with Crippen LogP contribution < -0.4 is 5.43 Å². The summed E-state index contributed by atoms with van der Waals surface area (Å²) in [6.45, 7) is 0. The third-order valence-electron chi connectivity index (χ3n) is 4.06. The topological polar surface area (TPSA) is 63.4 Å². The summed E-state index contributed by atoms with van der Waals surface area (Å²) >= 11 is 3.36. The Bertz CT molecular complexity index is 998. The number of benzene rings is 1. The first-order chi connectivity index (χ1) is 11.1. The van der Waals surface area contributed by atoms with Crippen molar-refractivity contribution in [1.82, 2.24) is 9.88 Å². The number of fused-ring (bicyclic) bond motifs is 2. The molecule has 1 aliphatic heterocycles. The molecule has 0 saturated carbocycles. The summed E-state index contributed by atoms with van der Waals surface area (Å²) in [5.74, 6) is -0.183. The third kappa shape index (κ3) is 2.02. The van der Waals surface area contributed by atoms with E-state index in [1.165, 1.54) is 4.90 Å². The summed E-state index contributed by atoms with van der Waals surface area (Å²) in [4.78, 5) is 31.1. The lowest BCUT2D eigenvalue weighted by Gasteiger charge is -2.19. The van der Waals surface area contributed by atoms with Gasteiger partial charge in [0, 0.05) is 23.9 Å². The highest BCUT2D eigenvalue weighted by Gasteiger charge is 2.40. The van der Waals surface area contributed by atoms with Gasteiger partial charge in [0.2, 0.25) is 5.76 Å². The van der Waals surface area contributed by atoms with Gasteiger partial charge in [0.15, 0.2) is 5.43 Å². The van der Waals surface area contributed by atoms with Gasteiger partial charge in [-0.2, -0.15) is 0 Å². The van der Waals surface area contributed by atoms with Crippen LogP contribution >= 0.6 is 15.9 Å². The number of halogens is 1. The number of rotatable bonds is 1. The lowest BCUT2D eigenvalue weighted by molar-refractivity contribution is 0.0771. The molecule has 5 nitrogen and oxygen atoms in total. The quantitative estimate of drug-likeness (QED) is 0.660. The van der Waals surface area contributed by atoms with Gasteiger partial charge in [-0.25, -0.2) is 0 Å². The Morgan fingerprint density at radius 1 is 1.26 bits per heavy atom. The normalized spacial score (nSPS) is 16.9. The molecule has 0 saturated heterocycles. The van der Waals surface area contributed by atoms with Gasteiger partial charge in [0.05, 0.1) is 17.0 Å². The van der Waals surface area contributed by atoms with Crippen LogP contribution in [0.4, 0.5) is 0 Å². The molecular formula is C17H11BrN2O3. The van der Waals surface area contributed by atoms with E-state index in [0.717, 1.165) is 10.0 Å². The molecule has 1 aromatic carbocycles. The molecule has 0 radical (unpaired) electrons. The number of amides is 1. The van der Waals surface area contributed by atoms with Crippen molar-refractivity contribution >= 4 is 32.8 Å². The second-order valence-electron chi connectivity index (χ2n) is 5.42. The van der Waals surface area contributed by atoms with Crippen molar-refractivity contribution in [3.8, 4) is 0 Å². The standard InChI is InChI=1S/C17H11BrN2O3/c1-20-14(9-3-2-6-19-8-9)13-15(21)11-7-10(18)4-5-12(11)23-16(13)17(20)22/h2-8,14H,1H3. The minimum atomic E-state index is -0.481. The molecule has 23 heavy (non-hydrogen) atoms. The van der Waals surface area contributed by atoms with E-state index in [-0.39, 0.29) is 17.1 Å². The zero-order chi connectivity index (χ0) is 16.1. The predicted octanol–water partition coefficient (Wildman–Crippen LogP) is 3.13. The first kappa shape index (κ1) is 14.1. The summed E-state index contributed by atoms with van der Waals surface area (Å²) < 4.78 is 6.53. The molecule has 6 heteroatoms. The molecule has 0 N–H and O–H groups in total. The fraction of sp³-hybridized carbons (Fsp3) is 0.118. The first-order valence-corrected chi connectivity index (χ1v) is 7.80. The zero-order valence-corrected chi connectivity index (χ0v) is 13.7. The van der Waals surface area contributed by atoms with E-state index in [1.807, 2.05) is 6.07 Å². The van der Waals surface area contributed by atoms with Gasteiger partial charge in [-0.15, -0.1) is 0 Å². The molecule has 3 aromatic rings. The molecule has 1 amide bonds. The van der Waals surface area contributed by atoms with E-state index >= 15 is 0 Å². The third-order valence-corrected chi connectivity index (χ3v) is 4.56. The number of hydrogen-bond donors (Lipinski definition) is 0. The SMILES string of the molecule is CN1C(=O)c2oc3ccc(Br)cc3c(=O)c2C1c1cccnc1. The molecule has 2 aromatic heterocycles. The number of pyridine rings is 1. The molecule has 0 bridgehead atoms. The second-order valence-corrected chi connectivity index (χ2v) is 6.34. The van der Waals surface area contributed by atoms with Gasteiger partial charge in [-0.1, -0.05) is 22.0 Å². The molecule has 114 valence electrons. The lowest BCUT2D eigenvalue weighted by Crippen LogP contribution is -2.25. The minimum absolute atomic E-state index is 0.112.